The monoisotopic (exact) mass is 206 g/mol. The van der Waals surface area contributed by atoms with Gasteiger partial charge in [0.25, 0.3) is 0 Å². The number of aromatic hydroxyl groups is 1. The predicted octanol–water partition coefficient (Wildman–Crippen LogP) is 1.21. The number of benzene rings is 1. The molecule has 0 radical (unpaired) electrons. The van der Waals surface area contributed by atoms with E-state index in [2.05, 4.69) is 4.99 Å². The van der Waals surface area contributed by atoms with Crippen LogP contribution in [0.1, 0.15) is 18.0 Å². The van der Waals surface area contributed by atoms with Crippen molar-refractivity contribution in [2.45, 2.75) is 12.5 Å². The number of para-hydroxylation sites is 1. The minimum absolute atomic E-state index is 0.0900. The van der Waals surface area contributed by atoms with Gasteiger partial charge >= 0.3 is 0 Å². The van der Waals surface area contributed by atoms with E-state index in [9.17, 15) is 5.11 Å². The van der Waals surface area contributed by atoms with E-state index in [1.807, 2.05) is 12.1 Å². The van der Waals surface area contributed by atoms with Crippen LogP contribution >= 0.6 is 0 Å². The Morgan fingerprint density at radius 3 is 3.00 bits per heavy atom. The SMILES string of the molecule is NCCC1=NC(c2ccccc2O)CO1. The van der Waals surface area contributed by atoms with Gasteiger partial charge in [0, 0.05) is 18.5 Å². The molecule has 1 aromatic rings. The van der Waals surface area contributed by atoms with E-state index in [0.29, 0.717) is 25.5 Å². The zero-order valence-electron chi connectivity index (χ0n) is 8.39. The average molecular weight is 206 g/mol. The summed E-state index contributed by atoms with van der Waals surface area (Å²) in [6.07, 6.45) is 0.657. The van der Waals surface area contributed by atoms with E-state index >= 15 is 0 Å². The third-order valence-electron chi connectivity index (χ3n) is 2.36. The number of aliphatic imine (C=N–C) groups is 1. The molecule has 0 fully saturated rings. The summed E-state index contributed by atoms with van der Waals surface area (Å²) in [4.78, 5) is 4.36. The van der Waals surface area contributed by atoms with E-state index in [-0.39, 0.29) is 11.8 Å². The molecule has 0 saturated heterocycles. The second-order valence-electron chi connectivity index (χ2n) is 3.45. The van der Waals surface area contributed by atoms with Gasteiger partial charge in [-0.1, -0.05) is 18.2 Å². The Labute approximate surface area is 88.4 Å². The molecule has 4 nitrogen and oxygen atoms in total. The molecule has 80 valence electrons. The van der Waals surface area contributed by atoms with Crippen LogP contribution < -0.4 is 5.73 Å². The minimum Gasteiger partial charge on any atom is -0.508 e. The zero-order valence-corrected chi connectivity index (χ0v) is 8.39. The van der Waals surface area contributed by atoms with Gasteiger partial charge in [-0.2, -0.15) is 0 Å². The molecule has 0 bridgehead atoms. The Kier molecular flexibility index (Phi) is 2.87. The van der Waals surface area contributed by atoms with E-state index in [1.54, 1.807) is 12.1 Å². The first-order valence-electron chi connectivity index (χ1n) is 4.98. The first-order valence-corrected chi connectivity index (χ1v) is 4.98. The third-order valence-corrected chi connectivity index (χ3v) is 2.36. The van der Waals surface area contributed by atoms with Crippen LogP contribution in [0, 0.1) is 0 Å². The average Bonchev–Trinajstić information content (AvgIpc) is 2.68. The molecular weight excluding hydrogens is 192 g/mol. The van der Waals surface area contributed by atoms with Crippen LogP contribution in [0.4, 0.5) is 0 Å². The van der Waals surface area contributed by atoms with Gasteiger partial charge < -0.3 is 15.6 Å². The molecule has 3 N–H and O–H groups in total. The zero-order chi connectivity index (χ0) is 10.7. The number of nitrogens with two attached hydrogens (primary N) is 1. The van der Waals surface area contributed by atoms with E-state index < -0.39 is 0 Å². The highest BCUT2D eigenvalue weighted by molar-refractivity contribution is 5.78. The van der Waals surface area contributed by atoms with Crippen LogP contribution in [-0.4, -0.2) is 24.2 Å². The van der Waals surface area contributed by atoms with Crippen molar-refractivity contribution in [3.63, 3.8) is 0 Å². The lowest BCUT2D eigenvalue weighted by Crippen LogP contribution is -2.07. The van der Waals surface area contributed by atoms with Crippen molar-refractivity contribution >= 4 is 5.90 Å². The Bertz CT molecular complexity index is 377. The van der Waals surface area contributed by atoms with Gasteiger partial charge in [-0.05, 0) is 6.07 Å². The second-order valence-corrected chi connectivity index (χ2v) is 3.45. The molecule has 4 heteroatoms. The summed E-state index contributed by atoms with van der Waals surface area (Å²) in [7, 11) is 0. The number of rotatable bonds is 3. The molecule has 1 aliphatic rings. The van der Waals surface area contributed by atoms with Gasteiger partial charge in [-0.15, -0.1) is 0 Å². The van der Waals surface area contributed by atoms with Crippen LogP contribution in [0.15, 0.2) is 29.3 Å². The molecule has 1 aliphatic heterocycles. The molecule has 1 unspecified atom stereocenters. The van der Waals surface area contributed by atoms with Crippen molar-refractivity contribution in [3.05, 3.63) is 29.8 Å². The van der Waals surface area contributed by atoms with Crippen LogP contribution in [-0.2, 0) is 4.74 Å². The molecule has 1 atom stereocenters. The van der Waals surface area contributed by atoms with Crippen LogP contribution in [0.25, 0.3) is 0 Å². The summed E-state index contributed by atoms with van der Waals surface area (Å²) in [6, 6.07) is 7.10. The van der Waals surface area contributed by atoms with Crippen LogP contribution in [0.5, 0.6) is 5.75 Å². The predicted molar refractivity (Wildman–Crippen MR) is 57.9 cm³/mol. The van der Waals surface area contributed by atoms with Gasteiger partial charge in [-0.25, -0.2) is 4.99 Å². The first-order chi connectivity index (χ1) is 7.31. The molecule has 0 spiro atoms. The van der Waals surface area contributed by atoms with Gasteiger partial charge in [0.05, 0.1) is 0 Å². The van der Waals surface area contributed by atoms with Crippen molar-refractivity contribution in [2.75, 3.05) is 13.2 Å². The van der Waals surface area contributed by atoms with E-state index in [0.717, 1.165) is 5.56 Å². The Balaban J connectivity index is 2.17. The fourth-order valence-corrected chi connectivity index (χ4v) is 1.61. The third kappa shape index (κ3) is 2.10. The molecule has 2 rings (SSSR count). The molecule has 0 saturated carbocycles. The molecule has 1 aromatic carbocycles. The summed E-state index contributed by atoms with van der Waals surface area (Å²) in [5.74, 6) is 0.953. The summed E-state index contributed by atoms with van der Waals surface area (Å²) in [5.41, 5.74) is 6.22. The number of ether oxygens (including phenoxy) is 1. The van der Waals surface area contributed by atoms with Gasteiger partial charge in [0.2, 0.25) is 0 Å². The second kappa shape index (κ2) is 4.31. The minimum atomic E-state index is -0.0900. The van der Waals surface area contributed by atoms with E-state index in [4.69, 9.17) is 10.5 Å². The summed E-state index contributed by atoms with van der Waals surface area (Å²) in [5, 5.41) is 9.64. The van der Waals surface area contributed by atoms with Crippen molar-refractivity contribution in [3.8, 4) is 5.75 Å². The van der Waals surface area contributed by atoms with Crippen LogP contribution in [0.2, 0.25) is 0 Å². The summed E-state index contributed by atoms with van der Waals surface area (Å²) in [6.45, 7) is 1.03. The fourth-order valence-electron chi connectivity index (χ4n) is 1.61. The number of nitrogens with zero attached hydrogens (tertiary/aromatic N) is 1. The topological polar surface area (TPSA) is 67.8 Å². The molecular formula is C11H14N2O2. The normalized spacial score (nSPS) is 19.8. The Morgan fingerprint density at radius 2 is 2.27 bits per heavy atom. The van der Waals surface area contributed by atoms with Crippen LogP contribution in [0.3, 0.4) is 0 Å². The lowest BCUT2D eigenvalue weighted by molar-refractivity contribution is 0.309. The number of phenols is 1. The van der Waals surface area contributed by atoms with Gasteiger partial charge in [0.1, 0.15) is 18.4 Å². The standard InChI is InChI=1S/C11H14N2O2/c12-6-5-11-13-9(7-15-11)8-3-1-2-4-10(8)14/h1-4,9,14H,5-7,12H2. The van der Waals surface area contributed by atoms with Gasteiger partial charge in [0.15, 0.2) is 5.90 Å². The number of hydrogen-bond donors (Lipinski definition) is 2. The maximum atomic E-state index is 9.64. The highest BCUT2D eigenvalue weighted by Crippen LogP contribution is 2.29. The molecule has 0 aliphatic carbocycles. The largest absolute Gasteiger partial charge is 0.508 e. The fraction of sp³-hybridized carbons (Fsp3) is 0.364. The number of hydrogen-bond acceptors (Lipinski definition) is 4. The quantitative estimate of drug-likeness (QED) is 0.781. The Hall–Kier alpha value is -1.55. The van der Waals surface area contributed by atoms with Crippen molar-refractivity contribution < 1.29 is 9.84 Å². The smallest absolute Gasteiger partial charge is 0.185 e. The maximum absolute atomic E-state index is 9.64. The Morgan fingerprint density at radius 1 is 1.47 bits per heavy atom. The van der Waals surface area contributed by atoms with Gasteiger partial charge in [-0.3, -0.25) is 0 Å². The van der Waals surface area contributed by atoms with Crippen molar-refractivity contribution in [1.29, 1.82) is 0 Å². The van der Waals surface area contributed by atoms with Crippen molar-refractivity contribution in [2.24, 2.45) is 10.7 Å². The highest BCUT2D eigenvalue weighted by Gasteiger charge is 2.21. The lowest BCUT2D eigenvalue weighted by atomic mass is 10.1. The number of phenolic OH excluding ortho intramolecular Hbond substituents is 1. The van der Waals surface area contributed by atoms with Crippen molar-refractivity contribution in [1.82, 2.24) is 0 Å². The molecule has 15 heavy (non-hydrogen) atoms. The lowest BCUT2D eigenvalue weighted by Gasteiger charge is -2.06. The molecule has 0 aromatic heterocycles. The molecule has 0 amide bonds. The highest BCUT2D eigenvalue weighted by atomic mass is 16.5. The van der Waals surface area contributed by atoms with E-state index in [1.165, 1.54) is 0 Å². The maximum Gasteiger partial charge on any atom is 0.185 e. The first kappa shape index (κ1) is 9.98. The molecule has 1 heterocycles. The summed E-state index contributed by atoms with van der Waals surface area (Å²) >= 11 is 0. The summed E-state index contributed by atoms with van der Waals surface area (Å²) < 4.78 is 5.37.